The second-order valence-electron chi connectivity index (χ2n) is 4.63. The Morgan fingerprint density at radius 2 is 1.61 bits per heavy atom. The Morgan fingerprint density at radius 1 is 1.00 bits per heavy atom. The summed E-state index contributed by atoms with van der Waals surface area (Å²) < 4.78 is 11.7. The topological polar surface area (TPSA) is 56.5 Å². The Balaban J connectivity index is 0.00000264. The van der Waals surface area contributed by atoms with Crippen LogP contribution in [0.4, 0.5) is 0 Å². The number of hydrogen-bond acceptors (Lipinski definition) is 4. The molecule has 122 valence electrons. The van der Waals surface area contributed by atoms with Crippen molar-refractivity contribution in [1.82, 2.24) is 0 Å². The standard InChI is InChI=1S/C17H18NO4.BrH/c1-3-22-17(20)14-8-10-18(11-9-14)12-16(19)13-4-6-15(21-2)7-5-13;/h4-11H,3,12H2,1-2H3;1H/q+1;/p-1. The van der Waals surface area contributed by atoms with Crippen LogP contribution in [0.2, 0.25) is 0 Å². The van der Waals surface area contributed by atoms with Gasteiger partial charge in [-0.05, 0) is 31.2 Å². The zero-order valence-corrected chi connectivity index (χ0v) is 14.6. The first-order chi connectivity index (χ1) is 10.6. The minimum absolute atomic E-state index is 0. The summed E-state index contributed by atoms with van der Waals surface area (Å²) in [5.74, 6) is 0.329. The summed E-state index contributed by atoms with van der Waals surface area (Å²) in [6.07, 6.45) is 3.38. The number of Topliss-reactive ketones (excluding diaryl/α,β-unsaturated/α-hetero) is 1. The second-order valence-corrected chi connectivity index (χ2v) is 4.63. The second kappa shape index (κ2) is 9.05. The molecule has 23 heavy (non-hydrogen) atoms. The van der Waals surface area contributed by atoms with Crippen molar-refractivity contribution in [3.05, 3.63) is 59.9 Å². The van der Waals surface area contributed by atoms with Gasteiger partial charge in [-0.25, -0.2) is 4.79 Å². The summed E-state index contributed by atoms with van der Waals surface area (Å²) in [7, 11) is 1.58. The number of pyridine rings is 1. The van der Waals surface area contributed by atoms with Crippen LogP contribution in [0.5, 0.6) is 5.75 Å². The lowest BCUT2D eigenvalue weighted by atomic mass is 10.1. The zero-order valence-electron chi connectivity index (χ0n) is 13.0. The molecule has 0 bridgehead atoms. The first kappa shape index (κ1) is 18.8. The van der Waals surface area contributed by atoms with E-state index in [1.54, 1.807) is 67.4 Å². The van der Waals surface area contributed by atoms with Gasteiger partial charge in [0.05, 0.1) is 19.3 Å². The van der Waals surface area contributed by atoms with Crippen molar-refractivity contribution in [2.75, 3.05) is 13.7 Å². The fraction of sp³-hybridized carbons (Fsp3) is 0.235. The van der Waals surface area contributed by atoms with Gasteiger partial charge in [-0.3, -0.25) is 4.79 Å². The molecule has 0 spiro atoms. The largest absolute Gasteiger partial charge is 1.00 e. The molecule has 1 heterocycles. The van der Waals surface area contributed by atoms with Gasteiger partial charge in [0, 0.05) is 17.7 Å². The molecule has 0 fully saturated rings. The molecule has 5 nitrogen and oxygen atoms in total. The molecule has 0 radical (unpaired) electrons. The monoisotopic (exact) mass is 379 g/mol. The molecule has 0 aliphatic carbocycles. The van der Waals surface area contributed by atoms with Crippen molar-refractivity contribution in [3.63, 3.8) is 0 Å². The smallest absolute Gasteiger partial charge is 0.338 e. The van der Waals surface area contributed by atoms with Gasteiger partial charge in [-0.2, -0.15) is 4.57 Å². The molecule has 6 heteroatoms. The quantitative estimate of drug-likeness (QED) is 0.368. The highest BCUT2D eigenvalue weighted by Crippen LogP contribution is 2.11. The minimum atomic E-state index is -0.365. The summed E-state index contributed by atoms with van der Waals surface area (Å²) >= 11 is 0. The Morgan fingerprint density at radius 3 is 2.13 bits per heavy atom. The van der Waals surface area contributed by atoms with Crippen molar-refractivity contribution in [3.8, 4) is 5.75 Å². The van der Waals surface area contributed by atoms with Crippen molar-refractivity contribution in [1.29, 1.82) is 0 Å². The lowest BCUT2D eigenvalue weighted by molar-refractivity contribution is -0.683. The molecule has 1 aromatic heterocycles. The number of benzene rings is 1. The Kier molecular flexibility index (Phi) is 7.41. The van der Waals surface area contributed by atoms with Crippen molar-refractivity contribution in [2.24, 2.45) is 0 Å². The molecule has 0 saturated heterocycles. The number of ketones is 1. The summed E-state index contributed by atoms with van der Waals surface area (Å²) in [4.78, 5) is 23.7. The van der Waals surface area contributed by atoms with Gasteiger partial charge in [-0.1, -0.05) is 0 Å². The Labute approximate surface area is 145 Å². The zero-order chi connectivity index (χ0) is 15.9. The first-order valence-electron chi connectivity index (χ1n) is 6.97. The van der Waals surface area contributed by atoms with E-state index in [9.17, 15) is 9.59 Å². The van der Waals surface area contributed by atoms with E-state index < -0.39 is 0 Å². The molecule has 0 N–H and O–H groups in total. The number of hydrogen-bond donors (Lipinski definition) is 0. The minimum Gasteiger partial charge on any atom is -1.00 e. The third-order valence-corrected chi connectivity index (χ3v) is 3.14. The molecule has 0 aliphatic heterocycles. The van der Waals surface area contributed by atoms with Gasteiger partial charge in [0.1, 0.15) is 5.75 Å². The van der Waals surface area contributed by atoms with Gasteiger partial charge < -0.3 is 26.5 Å². The maximum absolute atomic E-state index is 12.2. The van der Waals surface area contributed by atoms with Crippen molar-refractivity contribution < 1.29 is 40.6 Å². The van der Waals surface area contributed by atoms with Crippen LogP contribution in [0.1, 0.15) is 27.6 Å². The van der Waals surface area contributed by atoms with E-state index in [2.05, 4.69) is 0 Å². The fourth-order valence-corrected chi connectivity index (χ4v) is 1.95. The lowest BCUT2D eigenvalue weighted by Gasteiger charge is -2.02. The average Bonchev–Trinajstić information content (AvgIpc) is 2.55. The van der Waals surface area contributed by atoms with E-state index in [1.165, 1.54) is 0 Å². The van der Waals surface area contributed by atoms with Crippen LogP contribution in [0.15, 0.2) is 48.8 Å². The van der Waals surface area contributed by atoms with Crippen LogP contribution < -0.4 is 26.3 Å². The highest BCUT2D eigenvalue weighted by molar-refractivity contribution is 5.95. The molecule has 0 aliphatic rings. The molecule has 2 aromatic rings. The molecular formula is C17H18BrNO4. The maximum atomic E-state index is 12.2. The highest BCUT2D eigenvalue weighted by Gasteiger charge is 2.14. The van der Waals surface area contributed by atoms with Gasteiger partial charge in [0.2, 0.25) is 12.3 Å². The third-order valence-electron chi connectivity index (χ3n) is 3.14. The number of carbonyl (C=O) groups is 2. The van der Waals surface area contributed by atoms with Gasteiger partial charge in [-0.15, -0.1) is 0 Å². The summed E-state index contributed by atoms with van der Waals surface area (Å²) in [6, 6.07) is 10.2. The number of esters is 1. The molecule has 1 aromatic carbocycles. The van der Waals surface area contributed by atoms with Crippen LogP contribution in [0, 0.1) is 0 Å². The van der Waals surface area contributed by atoms with E-state index >= 15 is 0 Å². The molecule has 2 rings (SSSR count). The summed E-state index contributed by atoms with van der Waals surface area (Å²) in [5.41, 5.74) is 1.08. The number of methoxy groups -OCH3 is 1. The van der Waals surface area contributed by atoms with Crippen LogP contribution in [-0.2, 0) is 11.3 Å². The Bertz CT molecular complexity index is 653. The number of ether oxygens (including phenoxy) is 2. The number of halogens is 1. The molecule has 0 amide bonds. The van der Waals surface area contributed by atoms with E-state index in [1.807, 2.05) is 0 Å². The van der Waals surface area contributed by atoms with E-state index in [4.69, 9.17) is 9.47 Å². The number of nitrogens with zero attached hydrogens (tertiary/aromatic N) is 1. The fourth-order valence-electron chi connectivity index (χ4n) is 1.95. The number of rotatable bonds is 6. The van der Waals surface area contributed by atoms with Crippen molar-refractivity contribution >= 4 is 11.8 Å². The molecule has 0 saturated carbocycles. The van der Waals surface area contributed by atoms with Crippen LogP contribution in [0.25, 0.3) is 0 Å². The predicted molar refractivity (Wildman–Crippen MR) is 79.9 cm³/mol. The summed E-state index contributed by atoms with van der Waals surface area (Å²) in [5, 5.41) is 0. The van der Waals surface area contributed by atoms with Crippen LogP contribution in [0.3, 0.4) is 0 Å². The van der Waals surface area contributed by atoms with Crippen LogP contribution >= 0.6 is 0 Å². The van der Waals surface area contributed by atoms with E-state index in [-0.39, 0.29) is 35.3 Å². The average molecular weight is 380 g/mol. The maximum Gasteiger partial charge on any atom is 0.338 e. The van der Waals surface area contributed by atoms with E-state index in [0.29, 0.717) is 23.5 Å². The Hall–Kier alpha value is -2.21. The van der Waals surface area contributed by atoms with Gasteiger partial charge in [0.25, 0.3) is 0 Å². The third kappa shape index (κ3) is 5.17. The SMILES string of the molecule is CCOC(=O)c1cc[n+](CC(=O)c2ccc(OC)cc2)cc1.[Br-]. The molecule has 0 unspecified atom stereocenters. The van der Waals surface area contributed by atoms with Crippen LogP contribution in [-0.4, -0.2) is 25.5 Å². The number of carbonyl (C=O) groups excluding carboxylic acids is 2. The number of aromatic nitrogens is 1. The van der Waals surface area contributed by atoms with E-state index in [0.717, 1.165) is 0 Å². The van der Waals surface area contributed by atoms with Gasteiger partial charge >= 0.3 is 5.97 Å². The molecular weight excluding hydrogens is 362 g/mol. The normalized spacial score (nSPS) is 9.65. The molecule has 0 atom stereocenters. The first-order valence-corrected chi connectivity index (χ1v) is 6.97. The van der Waals surface area contributed by atoms with Crippen molar-refractivity contribution in [2.45, 2.75) is 13.5 Å². The predicted octanol–water partition coefficient (Wildman–Crippen LogP) is -0.954. The van der Waals surface area contributed by atoms with Gasteiger partial charge in [0.15, 0.2) is 12.4 Å². The lowest BCUT2D eigenvalue weighted by Crippen LogP contribution is -3.00. The summed E-state index contributed by atoms with van der Waals surface area (Å²) in [6.45, 7) is 2.30. The highest BCUT2D eigenvalue weighted by atomic mass is 79.9.